The van der Waals surface area contributed by atoms with Gasteiger partial charge in [-0.2, -0.15) is 0 Å². The molecular formula is C15H17ClN2O. The molecule has 0 radical (unpaired) electrons. The van der Waals surface area contributed by atoms with Gasteiger partial charge in [0.15, 0.2) is 0 Å². The van der Waals surface area contributed by atoms with Crippen LogP contribution in [0.3, 0.4) is 0 Å². The molecule has 2 aromatic rings. The van der Waals surface area contributed by atoms with E-state index in [0.717, 1.165) is 25.1 Å². The zero-order chi connectivity index (χ0) is 13.5. The van der Waals surface area contributed by atoms with Crippen LogP contribution in [0.4, 0.5) is 0 Å². The van der Waals surface area contributed by atoms with Gasteiger partial charge in [-0.25, -0.2) is 4.98 Å². The first-order chi connectivity index (χ1) is 9.31. The fourth-order valence-corrected chi connectivity index (χ4v) is 1.86. The van der Waals surface area contributed by atoms with Crippen molar-refractivity contribution >= 4 is 11.6 Å². The lowest BCUT2D eigenvalue weighted by Gasteiger charge is -2.11. The Hall–Kier alpha value is -1.58. The summed E-state index contributed by atoms with van der Waals surface area (Å²) in [5, 5.41) is 3.92. The maximum Gasteiger partial charge on any atom is 0.223 e. The first kappa shape index (κ1) is 13.8. The number of nitrogens with zero attached hydrogens (tertiary/aromatic N) is 1. The minimum Gasteiger partial charge on any atom is -0.437 e. The smallest absolute Gasteiger partial charge is 0.223 e. The maximum atomic E-state index is 6.08. The summed E-state index contributed by atoms with van der Waals surface area (Å²) in [4.78, 5) is 4.27. The Bertz CT molecular complexity index is 531. The minimum atomic E-state index is 0.584. The molecule has 0 fully saturated rings. The fourth-order valence-electron chi connectivity index (χ4n) is 1.68. The van der Waals surface area contributed by atoms with Gasteiger partial charge in [0.05, 0.1) is 5.02 Å². The summed E-state index contributed by atoms with van der Waals surface area (Å²) < 4.78 is 5.79. The van der Waals surface area contributed by atoms with E-state index in [1.54, 1.807) is 12.3 Å². The van der Waals surface area contributed by atoms with Gasteiger partial charge in [0, 0.05) is 18.3 Å². The quantitative estimate of drug-likeness (QED) is 0.809. The molecule has 0 saturated heterocycles. The van der Waals surface area contributed by atoms with E-state index in [9.17, 15) is 0 Å². The van der Waals surface area contributed by atoms with Crippen LogP contribution < -0.4 is 10.1 Å². The van der Waals surface area contributed by atoms with Crippen molar-refractivity contribution in [2.45, 2.75) is 19.9 Å². The Balaban J connectivity index is 2.13. The molecule has 1 N–H and O–H groups in total. The Labute approximate surface area is 118 Å². The molecule has 0 aliphatic rings. The van der Waals surface area contributed by atoms with E-state index in [1.807, 2.05) is 30.3 Å². The minimum absolute atomic E-state index is 0.584. The highest BCUT2D eigenvalue weighted by Gasteiger charge is 2.07. The Morgan fingerprint density at radius 1 is 1.21 bits per heavy atom. The average molecular weight is 277 g/mol. The van der Waals surface area contributed by atoms with Gasteiger partial charge in [-0.05, 0) is 31.2 Å². The van der Waals surface area contributed by atoms with Crippen molar-refractivity contribution in [1.82, 2.24) is 10.3 Å². The molecule has 1 aromatic carbocycles. The van der Waals surface area contributed by atoms with Gasteiger partial charge in [0.2, 0.25) is 5.88 Å². The van der Waals surface area contributed by atoms with E-state index in [4.69, 9.17) is 16.3 Å². The van der Waals surface area contributed by atoms with Gasteiger partial charge in [0.1, 0.15) is 5.75 Å². The molecule has 1 aromatic heterocycles. The van der Waals surface area contributed by atoms with Crippen molar-refractivity contribution in [3.8, 4) is 11.6 Å². The summed E-state index contributed by atoms with van der Waals surface area (Å²) in [6.45, 7) is 3.85. The van der Waals surface area contributed by atoms with Gasteiger partial charge in [-0.15, -0.1) is 0 Å². The van der Waals surface area contributed by atoms with Crippen LogP contribution in [-0.2, 0) is 6.54 Å². The standard InChI is InChI=1S/C15H17ClN2O/c1-2-9-17-11-12-6-5-10-18-15(12)19-14-8-4-3-7-13(14)16/h3-8,10,17H,2,9,11H2,1H3. The zero-order valence-corrected chi connectivity index (χ0v) is 11.7. The van der Waals surface area contributed by atoms with E-state index < -0.39 is 0 Å². The Morgan fingerprint density at radius 2 is 2.05 bits per heavy atom. The number of pyridine rings is 1. The van der Waals surface area contributed by atoms with Crippen LogP contribution in [-0.4, -0.2) is 11.5 Å². The molecule has 2 rings (SSSR count). The van der Waals surface area contributed by atoms with Crippen molar-refractivity contribution in [1.29, 1.82) is 0 Å². The van der Waals surface area contributed by atoms with Gasteiger partial charge >= 0.3 is 0 Å². The van der Waals surface area contributed by atoms with Crippen LogP contribution in [0.15, 0.2) is 42.6 Å². The molecule has 0 aliphatic heterocycles. The predicted molar refractivity (Wildman–Crippen MR) is 77.8 cm³/mol. The van der Waals surface area contributed by atoms with Crippen LogP contribution in [0.2, 0.25) is 5.02 Å². The van der Waals surface area contributed by atoms with E-state index in [2.05, 4.69) is 17.2 Å². The number of halogens is 1. The van der Waals surface area contributed by atoms with Gasteiger partial charge in [-0.1, -0.05) is 36.7 Å². The molecule has 19 heavy (non-hydrogen) atoms. The van der Waals surface area contributed by atoms with Crippen molar-refractivity contribution in [3.63, 3.8) is 0 Å². The molecule has 3 nitrogen and oxygen atoms in total. The molecule has 100 valence electrons. The Morgan fingerprint density at radius 3 is 2.84 bits per heavy atom. The van der Waals surface area contributed by atoms with Crippen LogP contribution in [0.5, 0.6) is 11.6 Å². The number of hydrogen-bond donors (Lipinski definition) is 1. The lowest BCUT2D eigenvalue weighted by Crippen LogP contribution is -2.14. The first-order valence-electron chi connectivity index (χ1n) is 6.38. The molecule has 4 heteroatoms. The summed E-state index contributed by atoms with van der Waals surface area (Å²) in [6, 6.07) is 11.3. The Kier molecular flexibility index (Phi) is 5.19. The van der Waals surface area contributed by atoms with Crippen LogP contribution in [0.25, 0.3) is 0 Å². The summed E-state index contributed by atoms with van der Waals surface area (Å²) in [5.41, 5.74) is 1.02. The van der Waals surface area contributed by atoms with Crippen molar-refractivity contribution in [3.05, 3.63) is 53.2 Å². The number of aromatic nitrogens is 1. The lowest BCUT2D eigenvalue weighted by molar-refractivity contribution is 0.453. The van der Waals surface area contributed by atoms with Crippen LogP contribution in [0.1, 0.15) is 18.9 Å². The number of hydrogen-bond acceptors (Lipinski definition) is 3. The molecule has 0 unspecified atom stereocenters. The maximum absolute atomic E-state index is 6.08. The SMILES string of the molecule is CCCNCc1cccnc1Oc1ccccc1Cl. The zero-order valence-electron chi connectivity index (χ0n) is 10.9. The molecule has 0 aliphatic carbocycles. The molecule has 0 spiro atoms. The number of para-hydroxylation sites is 1. The largest absolute Gasteiger partial charge is 0.437 e. The molecule has 0 atom stereocenters. The first-order valence-corrected chi connectivity index (χ1v) is 6.76. The number of rotatable bonds is 6. The van der Waals surface area contributed by atoms with E-state index >= 15 is 0 Å². The van der Waals surface area contributed by atoms with Crippen molar-refractivity contribution < 1.29 is 4.74 Å². The molecule has 0 bridgehead atoms. The number of nitrogens with one attached hydrogen (secondary N) is 1. The lowest BCUT2D eigenvalue weighted by atomic mass is 10.2. The molecule has 0 saturated carbocycles. The average Bonchev–Trinajstić information content (AvgIpc) is 2.43. The third-order valence-electron chi connectivity index (χ3n) is 2.64. The predicted octanol–water partition coefficient (Wildman–Crippen LogP) is 4.03. The van der Waals surface area contributed by atoms with Crippen molar-refractivity contribution in [2.24, 2.45) is 0 Å². The van der Waals surface area contributed by atoms with Gasteiger partial charge in [-0.3, -0.25) is 0 Å². The highest BCUT2D eigenvalue weighted by molar-refractivity contribution is 6.32. The van der Waals surface area contributed by atoms with Crippen LogP contribution in [0, 0.1) is 0 Å². The second kappa shape index (κ2) is 7.12. The van der Waals surface area contributed by atoms with E-state index in [0.29, 0.717) is 16.7 Å². The normalized spacial score (nSPS) is 10.4. The summed E-state index contributed by atoms with van der Waals surface area (Å²) in [6.07, 6.45) is 2.82. The summed E-state index contributed by atoms with van der Waals surface area (Å²) in [7, 11) is 0. The summed E-state index contributed by atoms with van der Waals surface area (Å²) in [5.74, 6) is 1.22. The van der Waals surface area contributed by atoms with E-state index in [-0.39, 0.29) is 0 Å². The van der Waals surface area contributed by atoms with E-state index in [1.165, 1.54) is 0 Å². The monoisotopic (exact) mass is 276 g/mol. The molecular weight excluding hydrogens is 260 g/mol. The third-order valence-corrected chi connectivity index (χ3v) is 2.95. The highest BCUT2D eigenvalue weighted by Crippen LogP contribution is 2.29. The molecule has 0 amide bonds. The molecule has 1 heterocycles. The van der Waals surface area contributed by atoms with Crippen LogP contribution >= 0.6 is 11.6 Å². The number of benzene rings is 1. The highest BCUT2D eigenvalue weighted by atomic mass is 35.5. The third kappa shape index (κ3) is 3.94. The van der Waals surface area contributed by atoms with Gasteiger partial charge < -0.3 is 10.1 Å². The summed E-state index contributed by atoms with van der Waals surface area (Å²) >= 11 is 6.08. The number of ether oxygens (including phenoxy) is 1. The van der Waals surface area contributed by atoms with Crippen molar-refractivity contribution in [2.75, 3.05) is 6.54 Å². The fraction of sp³-hybridized carbons (Fsp3) is 0.267. The topological polar surface area (TPSA) is 34.2 Å². The van der Waals surface area contributed by atoms with Gasteiger partial charge in [0.25, 0.3) is 0 Å². The second-order valence-corrected chi connectivity index (χ2v) is 4.58. The second-order valence-electron chi connectivity index (χ2n) is 4.18.